The van der Waals surface area contributed by atoms with Crippen LogP contribution in [0.5, 0.6) is 5.75 Å². The van der Waals surface area contributed by atoms with Crippen LogP contribution in [-0.2, 0) is 12.1 Å². The number of hydrogen-bond donors (Lipinski definition) is 1. The first-order valence-corrected chi connectivity index (χ1v) is 11.4. The van der Waals surface area contributed by atoms with E-state index in [0.717, 1.165) is 17.6 Å². The maximum atomic E-state index is 12.8. The minimum absolute atomic E-state index is 0.0410. The van der Waals surface area contributed by atoms with E-state index in [0.29, 0.717) is 30.3 Å². The molecule has 4 aliphatic rings. The van der Waals surface area contributed by atoms with Crippen LogP contribution >= 0.6 is 0 Å². The average Bonchev–Trinajstić information content (AvgIpc) is 3.17. The summed E-state index contributed by atoms with van der Waals surface area (Å²) in [6.07, 6.45) is 8.44. The van der Waals surface area contributed by atoms with Gasteiger partial charge in [0.05, 0.1) is 0 Å². The molecule has 0 saturated heterocycles. The molecule has 2 aromatic rings. The van der Waals surface area contributed by atoms with Gasteiger partial charge in [0.1, 0.15) is 11.4 Å². The van der Waals surface area contributed by atoms with Crippen molar-refractivity contribution < 1.29 is 9.53 Å². The van der Waals surface area contributed by atoms with E-state index in [1.807, 2.05) is 18.3 Å². The van der Waals surface area contributed by atoms with Crippen LogP contribution in [0.1, 0.15) is 68.9 Å². The van der Waals surface area contributed by atoms with Crippen LogP contribution < -0.4 is 10.1 Å². The predicted octanol–water partition coefficient (Wildman–Crippen LogP) is 4.77. The normalized spacial score (nSPS) is 29.8. The molecule has 0 atom stereocenters. The van der Waals surface area contributed by atoms with Crippen molar-refractivity contribution in [2.45, 2.75) is 71.1 Å². The van der Waals surface area contributed by atoms with E-state index in [1.165, 1.54) is 37.7 Å². The summed E-state index contributed by atoms with van der Waals surface area (Å²) in [5.41, 5.74) is 1.88. The highest BCUT2D eigenvalue weighted by Crippen LogP contribution is 2.53. The van der Waals surface area contributed by atoms with Gasteiger partial charge in [-0.05, 0) is 85.0 Å². The van der Waals surface area contributed by atoms with E-state index >= 15 is 0 Å². The summed E-state index contributed by atoms with van der Waals surface area (Å²) in [4.78, 5) is 12.8. The summed E-state index contributed by atoms with van der Waals surface area (Å²) in [5, 5.41) is 7.77. The van der Waals surface area contributed by atoms with Gasteiger partial charge in [-0.3, -0.25) is 4.79 Å². The molecule has 5 nitrogen and oxygen atoms in total. The van der Waals surface area contributed by atoms with E-state index in [1.54, 1.807) is 10.7 Å². The zero-order valence-electron chi connectivity index (χ0n) is 18.3. The molecule has 1 aromatic carbocycles. The van der Waals surface area contributed by atoms with Crippen LogP contribution in [0.2, 0.25) is 0 Å². The molecule has 1 amide bonds. The highest BCUT2D eigenvalue weighted by atomic mass is 16.5. The fourth-order valence-electron chi connectivity index (χ4n) is 6.13. The van der Waals surface area contributed by atoms with Crippen molar-refractivity contribution in [2.24, 2.45) is 23.7 Å². The molecule has 6 rings (SSSR count). The van der Waals surface area contributed by atoms with E-state index < -0.39 is 0 Å². The second kappa shape index (κ2) is 7.44. The second-order valence-corrected chi connectivity index (χ2v) is 10.7. The fourth-order valence-corrected chi connectivity index (χ4v) is 6.13. The Morgan fingerprint density at radius 1 is 1.03 bits per heavy atom. The minimum atomic E-state index is -0.0410. The molecule has 1 N–H and O–H groups in total. The summed E-state index contributed by atoms with van der Waals surface area (Å²) in [6.45, 7) is 6.88. The number of carbonyl (C=O) groups excluding carboxylic acids is 1. The van der Waals surface area contributed by atoms with Gasteiger partial charge >= 0.3 is 0 Å². The Bertz CT molecular complexity index is 881. The lowest BCUT2D eigenvalue weighted by Gasteiger charge is -2.54. The number of carbonyl (C=O) groups is 1. The third kappa shape index (κ3) is 3.86. The van der Waals surface area contributed by atoms with Crippen LogP contribution in [0.4, 0.5) is 0 Å². The molecule has 30 heavy (non-hydrogen) atoms. The topological polar surface area (TPSA) is 56.1 Å². The molecule has 1 heterocycles. The Hall–Kier alpha value is -2.30. The van der Waals surface area contributed by atoms with E-state index in [-0.39, 0.29) is 11.3 Å². The lowest BCUT2D eigenvalue weighted by Crippen LogP contribution is -2.55. The maximum absolute atomic E-state index is 12.8. The number of benzene rings is 1. The van der Waals surface area contributed by atoms with Gasteiger partial charge in [0.15, 0.2) is 6.73 Å². The molecule has 0 spiro atoms. The molecule has 1 aromatic heterocycles. The number of nitrogens with one attached hydrogen (secondary N) is 1. The van der Waals surface area contributed by atoms with Gasteiger partial charge in [-0.1, -0.05) is 32.9 Å². The fraction of sp³-hybridized carbons (Fsp3) is 0.600. The Kier molecular flexibility index (Phi) is 4.87. The van der Waals surface area contributed by atoms with E-state index in [2.05, 4.69) is 43.3 Å². The number of aromatic nitrogens is 2. The first-order chi connectivity index (χ1) is 14.3. The van der Waals surface area contributed by atoms with Gasteiger partial charge in [-0.25, -0.2) is 4.68 Å². The Balaban J connectivity index is 1.17. The molecule has 4 saturated carbocycles. The zero-order valence-corrected chi connectivity index (χ0v) is 18.3. The Morgan fingerprint density at radius 2 is 1.67 bits per heavy atom. The van der Waals surface area contributed by atoms with Crippen LogP contribution in [0.25, 0.3) is 0 Å². The number of amides is 1. The molecule has 4 bridgehead atoms. The van der Waals surface area contributed by atoms with E-state index in [9.17, 15) is 4.79 Å². The third-order valence-corrected chi connectivity index (χ3v) is 7.48. The Labute approximate surface area is 179 Å². The number of nitrogens with zero attached hydrogens (tertiary/aromatic N) is 2. The molecule has 4 aliphatic carbocycles. The summed E-state index contributed by atoms with van der Waals surface area (Å²) < 4.78 is 7.53. The Morgan fingerprint density at radius 3 is 2.27 bits per heavy atom. The number of ether oxygens (including phenoxy) is 1. The monoisotopic (exact) mass is 407 g/mol. The SMILES string of the molecule is CC(C)(C)c1ccc(OCn2ccc(C(=O)NC3C4CC5CC(C4)CC3C5)n2)cc1. The van der Waals surface area contributed by atoms with Crippen LogP contribution in [0.3, 0.4) is 0 Å². The summed E-state index contributed by atoms with van der Waals surface area (Å²) in [5.74, 6) is 3.93. The van der Waals surface area contributed by atoms with Gasteiger partial charge in [-0.2, -0.15) is 5.10 Å². The van der Waals surface area contributed by atoms with Crippen LogP contribution in [0, 0.1) is 23.7 Å². The van der Waals surface area contributed by atoms with Gasteiger partial charge in [0.25, 0.3) is 5.91 Å². The van der Waals surface area contributed by atoms with Crippen molar-refractivity contribution in [3.05, 3.63) is 47.8 Å². The lowest BCUT2D eigenvalue weighted by atomic mass is 9.54. The van der Waals surface area contributed by atoms with Gasteiger partial charge in [-0.15, -0.1) is 0 Å². The summed E-state index contributed by atoms with van der Waals surface area (Å²) >= 11 is 0. The highest BCUT2D eigenvalue weighted by Gasteiger charge is 2.48. The lowest BCUT2D eigenvalue weighted by molar-refractivity contribution is -0.0120. The zero-order chi connectivity index (χ0) is 20.9. The second-order valence-electron chi connectivity index (χ2n) is 10.7. The molecule has 0 radical (unpaired) electrons. The molecular weight excluding hydrogens is 374 g/mol. The molecular formula is C25H33N3O2. The van der Waals surface area contributed by atoms with Crippen molar-refractivity contribution in [3.8, 4) is 5.75 Å². The quantitative estimate of drug-likeness (QED) is 0.777. The first-order valence-electron chi connectivity index (χ1n) is 11.4. The van der Waals surface area contributed by atoms with Crippen LogP contribution in [-0.4, -0.2) is 21.7 Å². The molecule has 160 valence electrons. The largest absolute Gasteiger partial charge is 0.471 e. The van der Waals surface area contributed by atoms with Gasteiger partial charge < -0.3 is 10.1 Å². The van der Waals surface area contributed by atoms with Gasteiger partial charge in [0, 0.05) is 12.2 Å². The number of rotatable bonds is 5. The molecule has 4 fully saturated rings. The third-order valence-electron chi connectivity index (χ3n) is 7.48. The van der Waals surface area contributed by atoms with Crippen molar-refractivity contribution >= 4 is 5.91 Å². The summed E-state index contributed by atoms with van der Waals surface area (Å²) in [7, 11) is 0. The smallest absolute Gasteiger partial charge is 0.272 e. The summed E-state index contributed by atoms with van der Waals surface area (Å²) in [6, 6.07) is 10.3. The molecule has 0 unspecified atom stereocenters. The van der Waals surface area contributed by atoms with Crippen molar-refractivity contribution in [1.82, 2.24) is 15.1 Å². The van der Waals surface area contributed by atoms with Gasteiger partial charge in [0.2, 0.25) is 0 Å². The maximum Gasteiger partial charge on any atom is 0.272 e. The molecule has 5 heteroatoms. The van der Waals surface area contributed by atoms with Crippen LogP contribution in [0.15, 0.2) is 36.5 Å². The highest BCUT2D eigenvalue weighted by molar-refractivity contribution is 5.92. The predicted molar refractivity (Wildman–Crippen MR) is 116 cm³/mol. The van der Waals surface area contributed by atoms with Crippen molar-refractivity contribution in [2.75, 3.05) is 0 Å². The average molecular weight is 408 g/mol. The standard InChI is InChI=1S/C25H33N3O2/c1-25(2,3)20-4-6-21(7-5-20)30-15-28-9-8-22(27-28)24(29)26-23-18-11-16-10-17(13-18)14-19(23)12-16/h4-9,16-19,23H,10-15H2,1-3H3,(H,26,29). The van der Waals surface area contributed by atoms with Crippen molar-refractivity contribution in [1.29, 1.82) is 0 Å². The minimum Gasteiger partial charge on any atom is -0.471 e. The first kappa shape index (κ1) is 19.7. The van der Waals surface area contributed by atoms with E-state index in [4.69, 9.17) is 4.74 Å². The number of hydrogen-bond acceptors (Lipinski definition) is 3. The molecule has 0 aliphatic heterocycles. The van der Waals surface area contributed by atoms with Crippen molar-refractivity contribution in [3.63, 3.8) is 0 Å².